The Labute approximate surface area is 136 Å². The van der Waals surface area contributed by atoms with E-state index in [9.17, 15) is 5.11 Å². The molecule has 22 heavy (non-hydrogen) atoms. The number of hydrogen-bond donors (Lipinski definition) is 1. The molecule has 0 aliphatic carbocycles. The fourth-order valence-corrected chi connectivity index (χ4v) is 2.53. The average molecular weight is 325 g/mol. The number of aromatic hydroxyl groups is 1. The molecule has 3 rings (SSSR count). The van der Waals surface area contributed by atoms with E-state index < -0.39 is 0 Å². The van der Waals surface area contributed by atoms with E-state index in [1.54, 1.807) is 12.1 Å². The van der Waals surface area contributed by atoms with Gasteiger partial charge in [-0.3, -0.25) is 4.90 Å². The monoisotopic (exact) mass is 324 g/mol. The highest BCUT2D eigenvalue weighted by molar-refractivity contribution is 5.85. The predicted molar refractivity (Wildman–Crippen MR) is 86.4 cm³/mol. The van der Waals surface area contributed by atoms with E-state index in [2.05, 4.69) is 15.0 Å². The third-order valence-corrected chi connectivity index (χ3v) is 3.65. The molecule has 0 spiro atoms. The number of para-hydroxylation sites is 1. The number of ether oxygens (including phenoxy) is 1. The number of aromatic nitrogens is 3. The molecule has 7 heteroatoms. The Hall–Kier alpha value is -1.63. The molecule has 1 aromatic carbocycles. The second kappa shape index (κ2) is 7.58. The number of phenols is 1. The van der Waals surface area contributed by atoms with Crippen LogP contribution in [0.25, 0.3) is 11.4 Å². The van der Waals surface area contributed by atoms with Crippen LogP contribution in [0.5, 0.6) is 5.75 Å². The van der Waals surface area contributed by atoms with E-state index >= 15 is 0 Å². The van der Waals surface area contributed by atoms with Crippen LogP contribution in [0.2, 0.25) is 0 Å². The van der Waals surface area contributed by atoms with Crippen LogP contribution in [-0.2, 0) is 11.3 Å². The maximum Gasteiger partial charge on any atom is 0.162 e. The molecule has 0 atom stereocenters. The summed E-state index contributed by atoms with van der Waals surface area (Å²) in [5, 5.41) is 14.5. The zero-order chi connectivity index (χ0) is 14.7. The summed E-state index contributed by atoms with van der Waals surface area (Å²) < 4.78 is 7.23. The molecule has 0 radical (unpaired) electrons. The van der Waals surface area contributed by atoms with Gasteiger partial charge in [-0.15, -0.1) is 12.4 Å². The standard InChI is InChI=1S/C15H20N4O2.ClH/c1-12-16-15(13-4-2-3-5-14(13)20)19(17-12)7-6-18-8-10-21-11-9-18;/h2-5,20H,6-11H2,1H3;1H. The zero-order valence-electron chi connectivity index (χ0n) is 12.6. The Kier molecular flexibility index (Phi) is 5.76. The van der Waals surface area contributed by atoms with Gasteiger partial charge < -0.3 is 9.84 Å². The van der Waals surface area contributed by atoms with Gasteiger partial charge in [0, 0.05) is 19.6 Å². The summed E-state index contributed by atoms with van der Waals surface area (Å²) in [6.07, 6.45) is 0. The first-order valence-electron chi connectivity index (χ1n) is 7.24. The first kappa shape index (κ1) is 16.7. The summed E-state index contributed by atoms with van der Waals surface area (Å²) in [6, 6.07) is 7.24. The van der Waals surface area contributed by atoms with E-state index in [0.717, 1.165) is 56.6 Å². The van der Waals surface area contributed by atoms with Crippen molar-refractivity contribution in [1.82, 2.24) is 19.7 Å². The molecular formula is C15H21ClN4O2. The van der Waals surface area contributed by atoms with Crippen molar-refractivity contribution in [2.45, 2.75) is 13.5 Å². The molecule has 0 unspecified atom stereocenters. The summed E-state index contributed by atoms with van der Waals surface area (Å²) in [7, 11) is 0. The Morgan fingerprint density at radius 1 is 1.18 bits per heavy atom. The maximum absolute atomic E-state index is 10.0. The van der Waals surface area contributed by atoms with Gasteiger partial charge in [0.25, 0.3) is 0 Å². The van der Waals surface area contributed by atoms with Crippen molar-refractivity contribution in [1.29, 1.82) is 0 Å². The highest BCUT2D eigenvalue weighted by Gasteiger charge is 2.15. The van der Waals surface area contributed by atoms with Gasteiger partial charge in [-0.2, -0.15) is 5.10 Å². The topological polar surface area (TPSA) is 63.4 Å². The molecule has 1 aliphatic rings. The Morgan fingerprint density at radius 2 is 1.91 bits per heavy atom. The Bertz CT molecular complexity index is 611. The van der Waals surface area contributed by atoms with Crippen LogP contribution in [0, 0.1) is 6.92 Å². The number of hydrogen-bond acceptors (Lipinski definition) is 5. The van der Waals surface area contributed by atoms with Crippen molar-refractivity contribution in [3.05, 3.63) is 30.1 Å². The van der Waals surface area contributed by atoms with E-state index in [-0.39, 0.29) is 18.2 Å². The second-order valence-electron chi connectivity index (χ2n) is 5.18. The van der Waals surface area contributed by atoms with Gasteiger partial charge in [0.15, 0.2) is 5.82 Å². The molecule has 1 fully saturated rings. The fourth-order valence-electron chi connectivity index (χ4n) is 2.53. The molecule has 0 bridgehead atoms. The molecule has 0 amide bonds. The average Bonchev–Trinajstić information content (AvgIpc) is 2.87. The van der Waals surface area contributed by atoms with Crippen LogP contribution in [0.4, 0.5) is 0 Å². The van der Waals surface area contributed by atoms with E-state index in [0.29, 0.717) is 0 Å². The van der Waals surface area contributed by atoms with Crippen LogP contribution < -0.4 is 0 Å². The SMILES string of the molecule is Cc1nc(-c2ccccc2O)n(CCN2CCOCC2)n1.Cl. The number of morpholine rings is 1. The molecular weight excluding hydrogens is 304 g/mol. The van der Waals surface area contributed by atoms with Gasteiger partial charge in [-0.05, 0) is 19.1 Å². The lowest BCUT2D eigenvalue weighted by molar-refractivity contribution is 0.0360. The molecule has 6 nitrogen and oxygen atoms in total. The number of benzene rings is 1. The van der Waals surface area contributed by atoms with Crippen LogP contribution in [0.15, 0.2) is 24.3 Å². The quantitative estimate of drug-likeness (QED) is 0.927. The minimum absolute atomic E-state index is 0. The summed E-state index contributed by atoms with van der Waals surface area (Å²) in [4.78, 5) is 6.81. The minimum Gasteiger partial charge on any atom is -0.507 e. The van der Waals surface area contributed by atoms with Gasteiger partial charge >= 0.3 is 0 Å². The first-order chi connectivity index (χ1) is 10.2. The van der Waals surface area contributed by atoms with Gasteiger partial charge in [-0.1, -0.05) is 12.1 Å². The van der Waals surface area contributed by atoms with Gasteiger partial charge in [0.2, 0.25) is 0 Å². The van der Waals surface area contributed by atoms with Gasteiger partial charge in [0.05, 0.1) is 25.3 Å². The summed E-state index contributed by atoms with van der Waals surface area (Å²) in [5.74, 6) is 1.67. The Morgan fingerprint density at radius 3 is 2.64 bits per heavy atom. The second-order valence-corrected chi connectivity index (χ2v) is 5.18. The Balaban J connectivity index is 0.00000176. The first-order valence-corrected chi connectivity index (χ1v) is 7.24. The van der Waals surface area contributed by atoms with Gasteiger partial charge in [-0.25, -0.2) is 9.67 Å². The molecule has 2 aromatic rings. The van der Waals surface area contributed by atoms with Crippen molar-refractivity contribution >= 4 is 12.4 Å². The van der Waals surface area contributed by atoms with Crippen LogP contribution in [-0.4, -0.2) is 57.6 Å². The van der Waals surface area contributed by atoms with Crippen LogP contribution in [0.3, 0.4) is 0 Å². The van der Waals surface area contributed by atoms with Gasteiger partial charge in [0.1, 0.15) is 11.6 Å². The third kappa shape index (κ3) is 3.76. The summed E-state index contributed by atoms with van der Waals surface area (Å²) >= 11 is 0. The van der Waals surface area contributed by atoms with Crippen molar-refractivity contribution in [3.8, 4) is 17.1 Å². The lowest BCUT2D eigenvalue weighted by atomic mass is 10.2. The predicted octanol–water partition coefficient (Wildman–Crippen LogP) is 1.71. The molecule has 1 N–H and O–H groups in total. The lowest BCUT2D eigenvalue weighted by Gasteiger charge is -2.26. The highest BCUT2D eigenvalue weighted by atomic mass is 35.5. The number of halogens is 1. The molecule has 1 saturated heterocycles. The van der Waals surface area contributed by atoms with E-state index in [1.807, 2.05) is 23.7 Å². The molecule has 2 heterocycles. The number of nitrogens with zero attached hydrogens (tertiary/aromatic N) is 4. The number of rotatable bonds is 4. The van der Waals surface area contributed by atoms with E-state index in [1.165, 1.54) is 0 Å². The summed E-state index contributed by atoms with van der Waals surface area (Å²) in [6.45, 7) is 7.04. The third-order valence-electron chi connectivity index (χ3n) is 3.65. The molecule has 120 valence electrons. The fraction of sp³-hybridized carbons (Fsp3) is 0.467. The summed E-state index contributed by atoms with van der Waals surface area (Å²) in [5.41, 5.74) is 0.722. The van der Waals surface area contributed by atoms with Crippen molar-refractivity contribution in [2.75, 3.05) is 32.8 Å². The maximum atomic E-state index is 10.0. The molecule has 0 saturated carbocycles. The largest absolute Gasteiger partial charge is 0.507 e. The van der Waals surface area contributed by atoms with E-state index in [4.69, 9.17) is 4.74 Å². The lowest BCUT2D eigenvalue weighted by Crippen LogP contribution is -2.38. The minimum atomic E-state index is 0. The zero-order valence-corrected chi connectivity index (χ0v) is 13.4. The number of aryl methyl sites for hydroxylation is 1. The van der Waals surface area contributed by atoms with Crippen molar-refractivity contribution in [2.24, 2.45) is 0 Å². The molecule has 1 aliphatic heterocycles. The van der Waals surface area contributed by atoms with Crippen molar-refractivity contribution < 1.29 is 9.84 Å². The number of phenolic OH excluding ortho intramolecular Hbond substituents is 1. The molecule has 1 aromatic heterocycles. The van der Waals surface area contributed by atoms with Crippen LogP contribution in [0.1, 0.15) is 5.82 Å². The normalized spacial score (nSPS) is 15.5. The highest BCUT2D eigenvalue weighted by Crippen LogP contribution is 2.27. The smallest absolute Gasteiger partial charge is 0.162 e. The van der Waals surface area contributed by atoms with Crippen molar-refractivity contribution in [3.63, 3.8) is 0 Å². The van der Waals surface area contributed by atoms with Crippen LogP contribution >= 0.6 is 12.4 Å².